The Balaban J connectivity index is 1.47. The van der Waals surface area contributed by atoms with Gasteiger partial charge in [0.15, 0.2) is 0 Å². The van der Waals surface area contributed by atoms with Crippen molar-refractivity contribution in [1.82, 2.24) is 10.3 Å². The van der Waals surface area contributed by atoms with E-state index in [-0.39, 0.29) is 24.0 Å². The molecule has 0 saturated heterocycles. The number of pyridine rings is 1. The first-order chi connectivity index (χ1) is 17.0. The average molecular weight is 490 g/mol. The first-order valence-corrected chi connectivity index (χ1v) is 12.4. The highest BCUT2D eigenvalue weighted by Crippen LogP contribution is 2.42. The van der Waals surface area contributed by atoms with Gasteiger partial charge in [0, 0.05) is 29.2 Å². The van der Waals surface area contributed by atoms with Gasteiger partial charge in [0.2, 0.25) is 0 Å². The van der Waals surface area contributed by atoms with Gasteiger partial charge < -0.3 is 15.7 Å². The van der Waals surface area contributed by atoms with E-state index in [4.69, 9.17) is 11.6 Å². The SMILES string of the molecule is CC(Nc1c(Cl)cnc2ccc(-c3ccc(C4(NCCO)CCC4)cc3)cc12)c1ccccc1F. The zero-order valence-electron chi connectivity index (χ0n) is 19.7. The zero-order valence-corrected chi connectivity index (χ0v) is 20.4. The maximum Gasteiger partial charge on any atom is 0.128 e. The molecule has 3 aromatic carbocycles. The standard InChI is InChI=1S/C29H29ClFN3O/c1-19(23-5-2-3-6-26(23)31)34-28-24-17-21(9-12-27(24)32-18-25(28)30)20-7-10-22(11-8-20)29(13-4-14-29)33-15-16-35/h2-3,5-12,17-19,33,35H,4,13-16H2,1H3,(H,32,34). The molecule has 1 aromatic heterocycles. The van der Waals surface area contributed by atoms with Gasteiger partial charge in [-0.1, -0.05) is 60.1 Å². The van der Waals surface area contributed by atoms with Crippen molar-refractivity contribution in [3.8, 4) is 11.1 Å². The fourth-order valence-electron chi connectivity index (χ4n) is 4.99. The van der Waals surface area contributed by atoms with Crippen LogP contribution in [0.5, 0.6) is 0 Å². The predicted molar refractivity (Wildman–Crippen MR) is 141 cm³/mol. The summed E-state index contributed by atoms with van der Waals surface area (Å²) in [4.78, 5) is 4.49. The van der Waals surface area contributed by atoms with E-state index in [1.165, 1.54) is 18.1 Å². The highest BCUT2D eigenvalue weighted by molar-refractivity contribution is 6.34. The van der Waals surface area contributed by atoms with Gasteiger partial charge in [-0.15, -0.1) is 0 Å². The lowest BCUT2D eigenvalue weighted by Gasteiger charge is -2.43. The molecule has 4 nitrogen and oxygen atoms in total. The Bertz CT molecular complexity index is 1340. The molecule has 1 unspecified atom stereocenters. The van der Waals surface area contributed by atoms with Crippen molar-refractivity contribution < 1.29 is 9.50 Å². The summed E-state index contributed by atoms with van der Waals surface area (Å²) in [6.07, 6.45) is 5.00. The van der Waals surface area contributed by atoms with Crippen LogP contribution >= 0.6 is 11.6 Å². The lowest BCUT2D eigenvalue weighted by atomic mass is 9.71. The van der Waals surface area contributed by atoms with Crippen molar-refractivity contribution in [2.45, 2.75) is 37.8 Å². The second-order valence-electron chi connectivity index (χ2n) is 9.26. The number of hydrogen-bond donors (Lipinski definition) is 3. The largest absolute Gasteiger partial charge is 0.395 e. The van der Waals surface area contributed by atoms with E-state index in [0.29, 0.717) is 17.1 Å². The Morgan fingerprint density at radius 3 is 2.49 bits per heavy atom. The van der Waals surface area contributed by atoms with Crippen molar-refractivity contribution in [2.75, 3.05) is 18.5 Å². The van der Waals surface area contributed by atoms with E-state index in [9.17, 15) is 9.50 Å². The summed E-state index contributed by atoms with van der Waals surface area (Å²) in [5.74, 6) is -0.250. The summed E-state index contributed by atoms with van der Waals surface area (Å²) in [6.45, 7) is 2.66. The Labute approximate surface area is 210 Å². The molecule has 0 radical (unpaired) electrons. The van der Waals surface area contributed by atoms with Crippen molar-refractivity contribution >= 4 is 28.2 Å². The predicted octanol–water partition coefficient (Wildman–Crippen LogP) is 6.83. The van der Waals surface area contributed by atoms with Crippen LogP contribution in [0.1, 0.15) is 43.4 Å². The summed E-state index contributed by atoms with van der Waals surface area (Å²) in [5, 5.41) is 17.6. The van der Waals surface area contributed by atoms with Crippen LogP contribution in [0.25, 0.3) is 22.0 Å². The summed E-state index contributed by atoms with van der Waals surface area (Å²) < 4.78 is 14.4. The maximum atomic E-state index is 14.4. The number of aromatic nitrogens is 1. The number of anilines is 1. The lowest BCUT2D eigenvalue weighted by molar-refractivity contribution is 0.167. The fraction of sp³-hybridized carbons (Fsp3) is 0.276. The van der Waals surface area contributed by atoms with Crippen molar-refractivity contribution in [3.05, 3.63) is 94.9 Å². The second kappa shape index (κ2) is 9.94. The third-order valence-electron chi connectivity index (χ3n) is 7.11. The van der Waals surface area contributed by atoms with Crippen molar-refractivity contribution in [1.29, 1.82) is 0 Å². The number of aliphatic hydroxyl groups is 1. The van der Waals surface area contributed by atoms with Gasteiger partial charge in [0.05, 0.1) is 28.9 Å². The van der Waals surface area contributed by atoms with Gasteiger partial charge in [-0.05, 0) is 61.1 Å². The molecule has 180 valence electrons. The number of rotatable bonds is 8. The molecule has 1 heterocycles. The molecule has 0 bridgehead atoms. The van der Waals surface area contributed by atoms with Gasteiger partial charge in [-0.3, -0.25) is 4.98 Å². The van der Waals surface area contributed by atoms with Crippen molar-refractivity contribution in [2.24, 2.45) is 0 Å². The van der Waals surface area contributed by atoms with Crippen molar-refractivity contribution in [3.63, 3.8) is 0 Å². The molecule has 1 fully saturated rings. The Kier molecular flexibility index (Phi) is 6.74. The van der Waals surface area contributed by atoms with E-state index in [0.717, 1.165) is 40.6 Å². The molecule has 0 spiro atoms. The van der Waals surface area contributed by atoms with E-state index in [2.05, 4.69) is 52.0 Å². The van der Waals surface area contributed by atoms with Gasteiger partial charge in [-0.25, -0.2) is 4.39 Å². The molecular weight excluding hydrogens is 461 g/mol. The Morgan fingerprint density at radius 2 is 1.80 bits per heavy atom. The number of nitrogens with zero attached hydrogens (tertiary/aromatic N) is 1. The second-order valence-corrected chi connectivity index (χ2v) is 9.67. The minimum Gasteiger partial charge on any atom is -0.395 e. The molecule has 0 aliphatic heterocycles. The number of nitrogens with one attached hydrogen (secondary N) is 2. The van der Waals surface area contributed by atoms with E-state index in [1.54, 1.807) is 18.3 Å². The zero-order chi connectivity index (χ0) is 24.4. The average Bonchev–Trinajstić information content (AvgIpc) is 2.85. The van der Waals surface area contributed by atoms with Crippen LogP contribution in [-0.4, -0.2) is 23.2 Å². The first-order valence-electron chi connectivity index (χ1n) is 12.1. The number of halogens is 2. The molecule has 1 aliphatic rings. The van der Waals surface area contributed by atoms with Gasteiger partial charge in [0.25, 0.3) is 0 Å². The van der Waals surface area contributed by atoms with Gasteiger partial charge in [0.1, 0.15) is 5.82 Å². The number of aliphatic hydroxyl groups excluding tert-OH is 1. The molecule has 35 heavy (non-hydrogen) atoms. The van der Waals surface area contributed by atoms with Crippen LogP contribution in [0.15, 0.2) is 72.9 Å². The highest BCUT2D eigenvalue weighted by atomic mass is 35.5. The molecule has 1 aliphatic carbocycles. The fourth-order valence-corrected chi connectivity index (χ4v) is 5.19. The summed E-state index contributed by atoms with van der Waals surface area (Å²) >= 11 is 6.56. The van der Waals surface area contributed by atoms with Gasteiger partial charge >= 0.3 is 0 Å². The minimum atomic E-state index is -0.271. The quantitative estimate of drug-likeness (QED) is 0.254. The normalized spacial score (nSPS) is 15.5. The van der Waals surface area contributed by atoms with E-state index >= 15 is 0 Å². The molecule has 1 saturated carbocycles. The van der Waals surface area contributed by atoms with Crippen LogP contribution in [-0.2, 0) is 5.54 Å². The van der Waals surface area contributed by atoms with Crippen LogP contribution in [0, 0.1) is 5.82 Å². The van der Waals surface area contributed by atoms with Crippen LogP contribution in [0.2, 0.25) is 5.02 Å². The molecule has 1 atom stereocenters. The number of benzene rings is 3. The molecule has 5 rings (SSSR count). The van der Waals surface area contributed by atoms with Crippen LogP contribution < -0.4 is 10.6 Å². The highest BCUT2D eigenvalue weighted by Gasteiger charge is 2.37. The molecule has 0 amide bonds. The van der Waals surface area contributed by atoms with E-state index < -0.39 is 0 Å². The maximum absolute atomic E-state index is 14.4. The molecule has 3 N–H and O–H groups in total. The summed E-state index contributed by atoms with van der Waals surface area (Å²) in [5.41, 5.74) is 5.53. The molecule has 6 heteroatoms. The topological polar surface area (TPSA) is 57.2 Å². The number of fused-ring (bicyclic) bond motifs is 1. The Hall–Kier alpha value is -2.99. The number of hydrogen-bond acceptors (Lipinski definition) is 4. The monoisotopic (exact) mass is 489 g/mol. The molecule has 4 aromatic rings. The van der Waals surface area contributed by atoms with Crippen LogP contribution in [0.4, 0.5) is 10.1 Å². The lowest BCUT2D eigenvalue weighted by Crippen LogP contribution is -2.49. The summed E-state index contributed by atoms with van der Waals surface area (Å²) in [6, 6.07) is 21.3. The first kappa shape index (κ1) is 23.7. The third kappa shape index (κ3) is 4.64. The smallest absolute Gasteiger partial charge is 0.128 e. The summed E-state index contributed by atoms with van der Waals surface area (Å²) in [7, 11) is 0. The molecular formula is C29H29ClFN3O. The van der Waals surface area contributed by atoms with E-state index in [1.807, 2.05) is 19.1 Å². The van der Waals surface area contributed by atoms with Crippen LogP contribution in [0.3, 0.4) is 0 Å². The Morgan fingerprint density at radius 1 is 1.06 bits per heavy atom. The minimum absolute atomic E-state index is 0.0258. The third-order valence-corrected chi connectivity index (χ3v) is 7.39. The van der Waals surface area contributed by atoms with Gasteiger partial charge in [-0.2, -0.15) is 0 Å².